The molecule has 3 N–H and O–H groups in total. The van der Waals surface area contributed by atoms with E-state index in [1.807, 2.05) is 52.0 Å². The molecule has 8 nitrogen and oxygen atoms in total. The summed E-state index contributed by atoms with van der Waals surface area (Å²) in [6.45, 7) is 10.6. The van der Waals surface area contributed by atoms with E-state index >= 15 is 0 Å². The monoisotopic (exact) mass is 426 g/mol. The average Bonchev–Trinajstić information content (AvgIpc) is 2.61. The van der Waals surface area contributed by atoms with Crippen molar-refractivity contribution >= 4 is 27.6 Å². The van der Waals surface area contributed by atoms with E-state index in [9.17, 15) is 13.2 Å². The number of anilines is 1. The second kappa shape index (κ2) is 11.6. The predicted molar refractivity (Wildman–Crippen MR) is 118 cm³/mol. The van der Waals surface area contributed by atoms with Gasteiger partial charge in [-0.1, -0.05) is 19.1 Å². The maximum atomic E-state index is 11.8. The van der Waals surface area contributed by atoms with Crippen molar-refractivity contribution in [1.29, 1.82) is 0 Å². The van der Waals surface area contributed by atoms with Gasteiger partial charge in [0.25, 0.3) is 0 Å². The van der Waals surface area contributed by atoms with Gasteiger partial charge in [0.1, 0.15) is 5.60 Å². The molecule has 1 aromatic rings. The van der Waals surface area contributed by atoms with Crippen LogP contribution in [-0.4, -0.2) is 57.2 Å². The number of nitrogens with one attached hydrogen (secondary N) is 3. The molecular formula is C20H34N4O4S. The number of ether oxygens (including phenoxy) is 1. The van der Waals surface area contributed by atoms with E-state index in [2.05, 4.69) is 20.9 Å². The summed E-state index contributed by atoms with van der Waals surface area (Å²) in [5.74, 6) is 0.777. The zero-order valence-corrected chi connectivity index (χ0v) is 18.9. The molecule has 0 aliphatic heterocycles. The SMILES string of the molecule is CCNC(=NCCS(=O)(=O)CC)NCCc1ccc(NC(=O)OC(C)(C)C)cc1. The molecule has 0 saturated heterocycles. The summed E-state index contributed by atoms with van der Waals surface area (Å²) in [6.07, 6.45) is 0.271. The minimum Gasteiger partial charge on any atom is -0.444 e. The molecule has 0 aliphatic carbocycles. The fraction of sp³-hybridized carbons (Fsp3) is 0.600. The molecule has 1 aromatic carbocycles. The van der Waals surface area contributed by atoms with Crippen LogP contribution in [0, 0.1) is 0 Å². The van der Waals surface area contributed by atoms with Crippen molar-refractivity contribution in [2.45, 2.75) is 46.6 Å². The quantitative estimate of drug-likeness (QED) is 0.414. The zero-order valence-electron chi connectivity index (χ0n) is 18.0. The highest BCUT2D eigenvalue weighted by atomic mass is 32.2. The summed E-state index contributed by atoms with van der Waals surface area (Å²) in [4.78, 5) is 16.1. The Morgan fingerprint density at radius 2 is 1.76 bits per heavy atom. The van der Waals surface area contributed by atoms with E-state index in [1.54, 1.807) is 6.92 Å². The maximum Gasteiger partial charge on any atom is 0.412 e. The molecular weight excluding hydrogens is 392 g/mol. The third-order valence-corrected chi connectivity index (χ3v) is 5.45. The van der Waals surface area contributed by atoms with Crippen molar-refractivity contribution in [2.75, 3.05) is 36.5 Å². The topological polar surface area (TPSA) is 109 Å². The molecule has 1 amide bonds. The lowest BCUT2D eigenvalue weighted by atomic mass is 10.1. The van der Waals surface area contributed by atoms with Crippen LogP contribution in [0.3, 0.4) is 0 Å². The van der Waals surface area contributed by atoms with E-state index in [1.165, 1.54) is 0 Å². The summed E-state index contributed by atoms with van der Waals surface area (Å²) in [6, 6.07) is 7.53. The summed E-state index contributed by atoms with van der Waals surface area (Å²) >= 11 is 0. The van der Waals surface area contributed by atoms with Gasteiger partial charge in [0, 0.05) is 24.5 Å². The van der Waals surface area contributed by atoms with E-state index < -0.39 is 21.5 Å². The molecule has 0 aliphatic rings. The van der Waals surface area contributed by atoms with Gasteiger partial charge >= 0.3 is 6.09 Å². The molecule has 0 saturated carbocycles. The van der Waals surface area contributed by atoms with Crippen molar-refractivity contribution in [1.82, 2.24) is 10.6 Å². The number of nitrogens with zero attached hydrogens (tertiary/aromatic N) is 1. The summed E-state index contributed by atoms with van der Waals surface area (Å²) in [5.41, 5.74) is 1.22. The van der Waals surface area contributed by atoms with Gasteiger partial charge in [-0.15, -0.1) is 0 Å². The number of guanidine groups is 1. The van der Waals surface area contributed by atoms with Crippen LogP contribution in [0.25, 0.3) is 0 Å². The third kappa shape index (κ3) is 11.3. The number of hydrogen-bond donors (Lipinski definition) is 3. The molecule has 0 bridgehead atoms. The van der Waals surface area contributed by atoms with Crippen LogP contribution < -0.4 is 16.0 Å². The Morgan fingerprint density at radius 1 is 1.10 bits per heavy atom. The number of carbonyl (C=O) groups is 1. The van der Waals surface area contributed by atoms with Gasteiger partial charge < -0.3 is 15.4 Å². The summed E-state index contributed by atoms with van der Waals surface area (Å²) in [7, 11) is -3.02. The van der Waals surface area contributed by atoms with Crippen LogP contribution in [0.2, 0.25) is 0 Å². The molecule has 0 unspecified atom stereocenters. The molecule has 0 aromatic heterocycles. The number of benzene rings is 1. The Bertz CT molecular complexity index is 769. The van der Waals surface area contributed by atoms with Crippen LogP contribution >= 0.6 is 0 Å². The van der Waals surface area contributed by atoms with E-state index in [4.69, 9.17) is 4.74 Å². The lowest BCUT2D eigenvalue weighted by Gasteiger charge is -2.19. The molecule has 9 heteroatoms. The van der Waals surface area contributed by atoms with E-state index in [0.717, 1.165) is 12.0 Å². The van der Waals surface area contributed by atoms with Gasteiger partial charge in [-0.2, -0.15) is 0 Å². The molecule has 0 radical (unpaired) electrons. The average molecular weight is 427 g/mol. The number of sulfone groups is 1. The molecule has 1 rings (SSSR count). The molecule has 164 valence electrons. The van der Waals surface area contributed by atoms with Crippen molar-refractivity contribution in [3.63, 3.8) is 0 Å². The standard InChI is InChI=1S/C20H34N4O4S/c1-6-21-18(23-14-15-29(26,27)7-2)22-13-12-16-8-10-17(11-9-16)24-19(25)28-20(3,4)5/h8-11H,6-7,12-15H2,1-5H3,(H,24,25)(H2,21,22,23). The Labute approximate surface area is 174 Å². The highest BCUT2D eigenvalue weighted by molar-refractivity contribution is 7.91. The van der Waals surface area contributed by atoms with Gasteiger partial charge in [-0.25, -0.2) is 13.2 Å². The highest BCUT2D eigenvalue weighted by Gasteiger charge is 2.16. The van der Waals surface area contributed by atoms with Crippen LogP contribution in [0.15, 0.2) is 29.3 Å². The second-order valence-electron chi connectivity index (χ2n) is 7.50. The number of amides is 1. The Morgan fingerprint density at radius 3 is 2.31 bits per heavy atom. The number of aliphatic imine (C=N–C) groups is 1. The molecule has 0 atom stereocenters. The van der Waals surface area contributed by atoms with Crippen LogP contribution in [-0.2, 0) is 21.0 Å². The first-order valence-electron chi connectivity index (χ1n) is 9.86. The van der Waals surface area contributed by atoms with Gasteiger partial charge in [-0.3, -0.25) is 10.3 Å². The third-order valence-electron chi connectivity index (χ3n) is 3.76. The first kappa shape index (κ1) is 24.7. The lowest BCUT2D eigenvalue weighted by molar-refractivity contribution is 0.0636. The highest BCUT2D eigenvalue weighted by Crippen LogP contribution is 2.13. The Balaban J connectivity index is 2.49. The van der Waals surface area contributed by atoms with Gasteiger partial charge in [0.2, 0.25) is 0 Å². The van der Waals surface area contributed by atoms with Crippen LogP contribution in [0.1, 0.15) is 40.2 Å². The van der Waals surface area contributed by atoms with Gasteiger partial charge in [-0.05, 0) is 51.8 Å². The van der Waals surface area contributed by atoms with Crippen molar-refractivity contribution < 1.29 is 17.9 Å². The van der Waals surface area contributed by atoms with Crippen LogP contribution in [0.5, 0.6) is 0 Å². The van der Waals surface area contributed by atoms with E-state index in [-0.39, 0.29) is 18.1 Å². The number of carbonyl (C=O) groups excluding carboxylic acids is 1. The van der Waals surface area contributed by atoms with Gasteiger partial charge in [0.15, 0.2) is 15.8 Å². The zero-order chi connectivity index (χ0) is 21.9. The van der Waals surface area contributed by atoms with Crippen molar-refractivity contribution in [3.8, 4) is 0 Å². The Hall–Kier alpha value is -2.29. The van der Waals surface area contributed by atoms with Crippen molar-refractivity contribution in [2.24, 2.45) is 4.99 Å². The second-order valence-corrected chi connectivity index (χ2v) is 9.97. The largest absolute Gasteiger partial charge is 0.444 e. The van der Waals surface area contributed by atoms with Crippen LogP contribution in [0.4, 0.5) is 10.5 Å². The molecule has 0 heterocycles. The lowest BCUT2D eigenvalue weighted by Crippen LogP contribution is -2.38. The minimum atomic E-state index is -3.02. The minimum absolute atomic E-state index is 0.0478. The first-order valence-corrected chi connectivity index (χ1v) is 11.7. The number of rotatable bonds is 9. The molecule has 29 heavy (non-hydrogen) atoms. The van der Waals surface area contributed by atoms with Gasteiger partial charge in [0.05, 0.1) is 12.3 Å². The normalized spacial score (nSPS) is 12.4. The smallest absolute Gasteiger partial charge is 0.412 e. The fourth-order valence-corrected chi connectivity index (χ4v) is 2.94. The molecule has 0 spiro atoms. The molecule has 0 fully saturated rings. The summed E-state index contributed by atoms with van der Waals surface area (Å²) in [5, 5.41) is 9.01. The van der Waals surface area contributed by atoms with E-state index in [0.29, 0.717) is 24.7 Å². The predicted octanol–water partition coefficient (Wildman–Crippen LogP) is 2.57. The maximum absolute atomic E-state index is 11.8. The Kier molecular flexibility index (Phi) is 9.94. The fourth-order valence-electron chi connectivity index (χ4n) is 2.28. The summed E-state index contributed by atoms with van der Waals surface area (Å²) < 4.78 is 28.3. The first-order chi connectivity index (χ1) is 13.5. The van der Waals surface area contributed by atoms with Crippen molar-refractivity contribution in [3.05, 3.63) is 29.8 Å². The number of hydrogen-bond acceptors (Lipinski definition) is 5.